The van der Waals surface area contributed by atoms with Crippen molar-refractivity contribution in [1.29, 1.82) is 0 Å². The zero-order valence-electron chi connectivity index (χ0n) is 12.1. The molecule has 0 amide bonds. The molecule has 1 aromatic heterocycles. The Labute approximate surface area is 128 Å². The number of rotatable bonds is 6. The maximum Gasteiger partial charge on any atom is 0.335 e. The van der Waals surface area contributed by atoms with Gasteiger partial charge in [0, 0.05) is 36.4 Å². The molecule has 5 nitrogen and oxygen atoms in total. The van der Waals surface area contributed by atoms with Gasteiger partial charge in [0.05, 0.1) is 11.8 Å². The van der Waals surface area contributed by atoms with Gasteiger partial charge < -0.3 is 5.11 Å². The summed E-state index contributed by atoms with van der Waals surface area (Å²) in [6.45, 7) is 4.19. The van der Waals surface area contributed by atoms with Crippen LogP contribution < -0.4 is 0 Å². The van der Waals surface area contributed by atoms with Gasteiger partial charge in [-0.2, -0.15) is 5.10 Å². The lowest BCUT2D eigenvalue weighted by atomic mass is 10.1. The summed E-state index contributed by atoms with van der Waals surface area (Å²) in [7, 11) is 1.97. The van der Waals surface area contributed by atoms with Gasteiger partial charge in [-0.3, -0.25) is 9.58 Å². The quantitative estimate of drug-likeness (QED) is 0.891. The van der Waals surface area contributed by atoms with Gasteiger partial charge in [0.15, 0.2) is 0 Å². The summed E-state index contributed by atoms with van der Waals surface area (Å²) in [6.07, 6.45) is 3.85. The van der Waals surface area contributed by atoms with E-state index < -0.39 is 5.97 Å². The highest BCUT2D eigenvalue weighted by Gasteiger charge is 2.10. The molecule has 0 aliphatic rings. The van der Waals surface area contributed by atoms with Gasteiger partial charge >= 0.3 is 5.97 Å². The van der Waals surface area contributed by atoms with Crippen molar-refractivity contribution in [3.05, 3.63) is 52.3 Å². The zero-order valence-corrected chi connectivity index (χ0v) is 12.8. The molecule has 112 valence electrons. The van der Waals surface area contributed by atoms with Crippen LogP contribution in [0.15, 0.2) is 30.6 Å². The maximum absolute atomic E-state index is 11.0. The van der Waals surface area contributed by atoms with Crippen LogP contribution in [0.5, 0.6) is 0 Å². The Kier molecular flexibility index (Phi) is 4.98. The van der Waals surface area contributed by atoms with E-state index in [4.69, 9.17) is 16.7 Å². The second kappa shape index (κ2) is 6.74. The number of hydrogen-bond donors (Lipinski definition) is 1. The Bertz CT molecular complexity index is 640. The van der Waals surface area contributed by atoms with Crippen molar-refractivity contribution in [2.24, 2.45) is 0 Å². The number of carboxylic acid groups (broad SMARTS) is 1. The average molecular weight is 308 g/mol. The van der Waals surface area contributed by atoms with E-state index in [0.717, 1.165) is 24.2 Å². The van der Waals surface area contributed by atoms with Crippen LogP contribution in [-0.4, -0.2) is 32.8 Å². The fourth-order valence-corrected chi connectivity index (χ4v) is 2.33. The highest BCUT2D eigenvalue weighted by molar-refractivity contribution is 6.31. The van der Waals surface area contributed by atoms with Crippen molar-refractivity contribution >= 4 is 17.6 Å². The van der Waals surface area contributed by atoms with Crippen molar-refractivity contribution in [1.82, 2.24) is 14.7 Å². The van der Waals surface area contributed by atoms with E-state index in [0.29, 0.717) is 11.6 Å². The Morgan fingerprint density at radius 2 is 2.19 bits per heavy atom. The molecule has 6 heteroatoms. The molecule has 2 aromatic rings. The van der Waals surface area contributed by atoms with Gasteiger partial charge in [0.2, 0.25) is 0 Å². The van der Waals surface area contributed by atoms with Crippen LogP contribution in [0.2, 0.25) is 5.02 Å². The van der Waals surface area contributed by atoms with Crippen LogP contribution in [0.1, 0.15) is 28.4 Å². The Morgan fingerprint density at radius 3 is 2.81 bits per heavy atom. The summed E-state index contributed by atoms with van der Waals surface area (Å²) in [5.41, 5.74) is 2.17. The van der Waals surface area contributed by atoms with Gasteiger partial charge in [0.25, 0.3) is 0 Å². The van der Waals surface area contributed by atoms with Gasteiger partial charge in [-0.05, 0) is 37.7 Å². The van der Waals surface area contributed by atoms with Crippen molar-refractivity contribution in [3.8, 4) is 0 Å². The largest absolute Gasteiger partial charge is 0.478 e. The summed E-state index contributed by atoms with van der Waals surface area (Å²) >= 11 is 6.14. The van der Waals surface area contributed by atoms with Crippen molar-refractivity contribution in [3.63, 3.8) is 0 Å². The first-order valence-electron chi connectivity index (χ1n) is 6.71. The molecule has 0 spiro atoms. The molecule has 0 unspecified atom stereocenters. The summed E-state index contributed by atoms with van der Waals surface area (Å²) in [4.78, 5) is 13.1. The van der Waals surface area contributed by atoms with Gasteiger partial charge in [0.1, 0.15) is 0 Å². The van der Waals surface area contributed by atoms with Crippen molar-refractivity contribution < 1.29 is 9.90 Å². The van der Waals surface area contributed by atoms with E-state index >= 15 is 0 Å². The van der Waals surface area contributed by atoms with E-state index in [1.807, 2.05) is 31.0 Å². The van der Waals surface area contributed by atoms with Crippen molar-refractivity contribution in [2.45, 2.75) is 26.6 Å². The standard InChI is InChI=1S/C15H18ClN3O2/c1-3-19-9-11(7-17-19)8-18(2)10-13-6-12(15(20)21)4-5-14(13)16/h4-7,9H,3,8,10H2,1-2H3,(H,20,21). The summed E-state index contributed by atoms with van der Waals surface area (Å²) < 4.78 is 1.88. The van der Waals surface area contributed by atoms with E-state index in [2.05, 4.69) is 10.00 Å². The summed E-state index contributed by atoms with van der Waals surface area (Å²) in [5, 5.41) is 13.8. The molecular formula is C15H18ClN3O2. The van der Waals surface area contributed by atoms with Crippen LogP contribution in [0.3, 0.4) is 0 Å². The van der Waals surface area contributed by atoms with E-state index in [1.165, 1.54) is 6.07 Å². The fraction of sp³-hybridized carbons (Fsp3) is 0.333. The number of benzene rings is 1. The number of carboxylic acids is 1. The number of aromatic carboxylic acids is 1. The number of carbonyl (C=O) groups is 1. The third-order valence-corrected chi connectivity index (χ3v) is 3.56. The third-order valence-electron chi connectivity index (χ3n) is 3.20. The smallest absolute Gasteiger partial charge is 0.335 e. The fourth-order valence-electron chi connectivity index (χ4n) is 2.15. The SMILES string of the molecule is CCn1cc(CN(C)Cc2cc(C(=O)O)ccc2Cl)cn1. The molecule has 1 N–H and O–H groups in total. The van der Waals surface area contributed by atoms with E-state index in [9.17, 15) is 4.79 Å². The predicted octanol–water partition coefficient (Wildman–Crippen LogP) is 2.89. The molecule has 0 aliphatic carbocycles. The minimum atomic E-state index is -0.945. The minimum absolute atomic E-state index is 0.251. The molecule has 0 radical (unpaired) electrons. The predicted molar refractivity (Wildman–Crippen MR) is 81.5 cm³/mol. The second-order valence-corrected chi connectivity index (χ2v) is 5.40. The molecule has 0 atom stereocenters. The Morgan fingerprint density at radius 1 is 1.43 bits per heavy atom. The Balaban J connectivity index is 2.06. The number of halogens is 1. The monoisotopic (exact) mass is 307 g/mol. The molecular weight excluding hydrogens is 290 g/mol. The maximum atomic E-state index is 11.0. The molecule has 0 aliphatic heterocycles. The van der Waals surface area contributed by atoms with E-state index in [1.54, 1.807) is 12.1 Å². The molecule has 2 rings (SSSR count). The minimum Gasteiger partial charge on any atom is -0.478 e. The number of hydrogen-bond acceptors (Lipinski definition) is 3. The second-order valence-electron chi connectivity index (χ2n) is 4.99. The first-order chi connectivity index (χ1) is 9.99. The molecule has 21 heavy (non-hydrogen) atoms. The molecule has 0 fully saturated rings. The van der Waals surface area contributed by atoms with Crippen LogP contribution in [-0.2, 0) is 19.6 Å². The summed E-state index contributed by atoms with van der Waals surface area (Å²) in [5.74, 6) is -0.945. The number of aromatic nitrogens is 2. The highest BCUT2D eigenvalue weighted by Crippen LogP contribution is 2.20. The highest BCUT2D eigenvalue weighted by atomic mass is 35.5. The molecule has 0 saturated carbocycles. The van der Waals surface area contributed by atoms with Crippen LogP contribution >= 0.6 is 11.6 Å². The normalized spacial score (nSPS) is 11.0. The molecule has 0 bridgehead atoms. The average Bonchev–Trinajstić information content (AvgIpc) is 2.88. The third kappa shape index (κ3) is 4.06. The van der Waals surface area contributed by atoms with E-state index in [-0.39, 0.29) is 5.56 Å². The van der Waals surface area contributed by atoms with Crippen molar-refractivity contribution in [2.75, 3.05) is 7.05 Å². The van der Waals surface area contributed by atoms with Gasteiger partial charge in [-0.25, -0.2) is 4.79 Å². The first kappa shape index (κ1) is 15.5. The number of nitrogens with zero attached hydrogens (tertiary/aromatic N) is 3. The number of aryl methyl sites for hydroxylation is 1. The lowest BCUT2D eigenvalue weighted by Gasteiger charge is -2.17. The van der Waals surface area contributed by atoms with Crippen LogP contribution in [0.25, 0.3) is 0 Å². The zero-order chi connectivity index (χ0) is 15.4. The van der Waals surface area contributed by atoms with Crippen LogP contribution in [0, 0.1) is 0 Å². The Hall–Kier alpha value is -1.85. The van der Waals surface area contributed by atoms with Gasteiger partial charge in [-0.15, -0.1) is 0 Å². The van der Waals surface area contributed by atoms with Crippen LogP contribution in [0.4, 0.5) is 0 Å². The molecule has 0 saturated heterocycles. The molecule has 1 heterocycles. The first-order valence-corrected chi connectivity index (χ1v) is 7.09. The van der Waals surface area contributed by atoms with Gasteiger partial charge in [-0.1, -0.05) is 11.6 Å². The lowest BCUT2D eigenvalue weighted by Crippen LogP contribution is -2.17. The summed E-state index contributed by atoms with van der Waals surface area (Å²) in [6, 6.07) is 4.76. The topological polar surface area (TPSA) is 58.4 Å². The molecule has 1 aromatic carbocycles. The lowest BCUT2D eigenvalue weighted by molar-refractivity contribution is 0.0696.